The fourth-order valence-electron chi connectivity index (χ4n) is 1.02. The van der Waals surface area contributed by atoms with Crippen molar-refractivity contribution in [3.05, 3.63) is 28.4 Å². The predicted molar refractivity (Wildman–Crippen MR) is 61.7 cm³/mol. The summed E-state index contributed by atoms with van der Waals surface area (Å²) >= 11 is -0.656. The summed E-state index contributed by atoms with van der Waals surface area (Å²) in [5.74, 6) is 0.534. The van der Waals surface area contributed by atoms with Gasteiger partial charge in [-0.05, 0) is 0 Å². The fourth-order valence-corrected chi connectivity index (χ4v) is 3.05. The topological polar surface area (TPSA) is 55.8 Å². The number of carboxylic acid groups (broad SMARTS) is 1. The third kappa shape index (κ3) is 4.13. The van der Waals surface area contributed by atoms with E-state index in [0.717, 1.165) is 15.1 Å². The number of carboxylic acids is 1. The molecule has 4 nitrogen and oxygen atoms in total. The van der Waals surface area contributed by atoms with Crippen LogP contribution in [0.5, 0.6) is 11.5 Å². The zero-order chi connectivity index (χ0) is 12.0. The summed E-state index contributed by atoms with van der Waals surface area (Å²) in [5, 5.41) is 8.48. The quantitative estimate of drug-likeness (QED) is 0.633. The third-order valence-electron chi connectivity index (χ3n) is 1.74. The van der Waals surface area contributed by atoms with Gasteiger partial charge in [0.25, 0.3) is 0 Å². The Balaban J connectivity index is 2.82. The normalized spacial score (nSPS) is 10.4. The van der Waals surface area contributed by atoms with Gasteiger partial charge in [0.05, 0.1) is 0 Å². The average molecular weight is 336 g/mol. The first-order chi connectivity index (χ1) is 7.65. The van der Waals surface area contributed by atoms with Crippen molar-refractivity contribution in [3.8, 4) is 11.5 Å². The van der Waals surface area contributed by atoms with Crippen LogP contribution in [-0.4, -0.2) is 46.2 Å². The summed E-state index contributed by atoms with van der Waals surface area (Å²) in [6.45, 7) is 0. The van der Waals surface area contributed by atoms with Crippen molar-refractivity contribution in [1.82, 2.24) is 0 Å². The van der Waals surface area contributed by atoms with E-state index in [4.69, 9.17) is 14.6 Å². The molecule has 16 heavy (non-hydrogen) atoms. The zero-order valence-corrected chi connectivity index (χ0v) is 11.3. The van der Waals surface area contributed by atoms with Crippen LogP contribution in [0.1, 0.15) is 0 Å². The molecule has 0 aliphatic carbocycles. The summed E-state index contributed by atoms with van der Waals surface area (Å²) in [7, 11) is 3.18. The van der Waals surface area contributed by atoms with Gasteiger partial charge in [-0.15, -0.1) is 0 Å². The number of benzene rings is 1. The van der Waals surface area contributed by atoms with Gasteiger partial charge in [0.15, 0.2) is 0 Å². The van der Waals surface area contributed by atoms with E-state index in [0.29, 0.717) is 0 Å². The van der Waals surface area contributed by atoms with Crippen LogP contribution in [0.4, 0.5) is 0 Å². The van der Waals surface area contributed by atoms with E-state index in [-0.39, 0.29) is 0 Å². The Hall–Kier alpha value is -1.18. The third-order valence-corrected chi connectivity index (χ3v) is 3.97. The Morgan fingerprint density at radius 3 is 2.25 bits per heavy atom. The zero-order valence-electron chi connectivity index (χ0n) is 8.97. The van der Waals surface area contributed by atoms with E-state index in [1.165, 1.54) is 6.08 Å². The molecule has 1 rings (SSSR count). The first-order valence-corrected chi connectivity index (χ1v) is 6.96. The van der Waals surface area contributed by atoms with Crippen LogP contribution >= 0.6 is 0 Å². The van der Waals surface area contributed by atoms with Crippen molar-refractivity contribution in [2.45, 2.75) is 0 Å². The average Bonchev–Trinajstić information content (AvgIpc) is 2.28. The van der Waals surface area contributed by atoms with E-state index >= 15 is 0 Å². The number of rotatable bonds is 5. The van der Waals surface area contributed by atoms with Crippen molar-refractivity contribution in [2.24, 2.45) is 0 Å². The Kier molecular flexibility index (Phi) is 5.16. The van der Waals surface area contributed by atoms with E-state index < -0.39 is 26.9 Å². The molecule has 0 bridgehead atoms. The minimum absolute atomic E-state index is 0.656. The number of hydrogen-bond donors (Lipinski definition) is 1. The van der Waals surface area contributed by atoms with E-state index in [9.17, 15) is 4.79 Å². The first kappa shape index (κ1) is 12.9. The Bertz CT molecular complexity index is 379. The summed E-state index contributed by atoms with van der Waals surface area (Å²) in [4.78, 5) is 10.3. The molecular weight excluding hydrogens is 324 g/mol. The second-order valence-electron chi connectivity index (χ2n) is 2.81. The molecule has 5 heteroatoms. The standard InChI is InChI=1S/C11H12O4Te/c1-14-8-5-9(15-2)7-10(6-8)16-4-3-11(12)13/h3-7H,1-2H3,(H,12,13)/b4-3-. The van der Waals surface area contributed by atoms with E-state index in [1.54, 1.807) is 24.4 Å². The van der Waals surface area contributed by atoms with Crippen molar-refractivity contribution < 1.29 is 19.4 Å². The Morgan fingerprint density at radius 1 is 1.25 bits per heavy atom. The summed E-state index contributed by atoms with van der Waals surface area (Å²) in [6.07, 6.45) is 1.17. The molecule has 0 fully saturated rings. The SMILES string of the molecule is COc1cc(OC)cc([Te]/C=C\C(=O)O)c1. The molecule has 0 aliphatic heterocycles. The molecule has 0 saturated carbocycles. The second kappa shape index (κ2) is 6.41. The molecule has 0 radical (unpaired) electrons. The van der Waals surface area contributed by atoms with Crippen molar-refractivity contribution in [1.29, 1.82) is 0 Å². The minimum atomic E-state index is -0.917. The van der Waals surface area contributed by atoms with Gasteiger partial charge in [-0.3, -0.25) is 0 Å². The summed E-state index contributed by atoms with van der Waals surface area (Å²) in [6, 6.07) is 5.59. The second-order valence-corrected chi connectivity index (χ2v) is 5.60. The number of ether oxygens (including phenoxy) is 2. The van der Waals surface area contributed by atoms with Gasteiger partial charge >= 0.3 is 104 Å². The van der Waals surface area contributed by atoms with Crippen molar-refractivity contribution in [3.63, 3.8) is 0 Å². The van der Waals surface area contributed by atoms with E-state index in [2.05, 4.69) is 0 Å². The number of hydrogen-bond acceptors (Lipinski definition) is 3. The molecule has 0 aromatic heterocycles. The number of carbonyl (C=O) groups is 1. The molecule has 1 aromatic rings. The molecular formula is C11H12O4Te. The number of aliphatic carboxylic acids is 1. The molecule has 86 valence electrons. The van der Waals surface area contributed by atoms with Crippen molar-refractivity contribution in [2.75, 3.05) is 14.2 Å². The molecule has 0 spiro atoms. The van der Waals surface area contributed by atoms with Crippen LogP contribution in [0, 0.1) is 0 Å². The summed E-state index contributed by atoms with van der Waals surface area (Å²) < 4.78 is 13.0. The van der Waals surface area contributed by atoms with Gasteiger partial charge in [-0.1, -0.05) is 0 Å². The molecule has 1 aromatic carbocycles. The Morgan fingerprint density at radius 2 is 1.81 bits per heavy atom. The summed E-state index contributed by atoms with van der Waals surface area (Å²) in [5.41, 5.74) is 0. The van der Waals surface area contributed by atoms with Gasteiger partial charge in [-0.2, -0.15) is 0 Å². The van der Waals surface area contributed by atoms with Crippen LogP contribution in [0.2, 0.25) is 0 Å². The van der Waals surface area contributed by atoms with E-state index in [1.807, 2.05) is 12.1 Å². The van der Waals surface area contributed by atoms with Crippen LogP contribution < -0.4 is 13.1 Å². The molecule has 1 N–H and O–H groups in total. The molecule has 0 unspecified atom stereocenters. The maximum absolute atomic E-state index is 10.3. The molecule has 0 heterocycles. The van der Waals surface area contributed by atoms with Crippen LogP contribution in [0.3, 0.4) is 0 Å². The van der Waals surface area contributed by atoms with Crippen LogP contribution in [0.15, 0.2) is 28.4 Å². The molecule has 0 aliphatic rings. The van der Waals surface area contributed by atoms with Gasteiger partial charge < -0.3 is 0 Å². The van der Waals surface area contributed by atoms with Crippen molar-refractivity contribution >= 4 is 30.5 Å². The molecule has 0 amide bonds. The van der Waals surface area contributed by atoms with Crippen LogP contribution in [0.25, 0.3) is 0 Å². The van der Waals surface area contributed by atoms with Gasteiger partial charge in [-0.25, -0.2) is 0 Å². The molecule has 0 saturated heterocycles. The fraction of sp³-hybridized carbons (Fsp3) is 0.182. The van der Waals surface area contributed by atoms with Gasteiger partial charge in [0.1, 0.15) is 0 Å². The maximum atomic E-state index is 10.3. The van der Waals surface area contributed by atoms with Gasteiger partial charge in [0, 0.05) is 0 Å². The van der Waals surface area contributed by atoms with Crippen LogP contribution in [-0.2, 0) is 4.79 Å². The molecule has 0 atom stereocenters. The number of methoxy groups -OCH3 is 2. The monoisotopic (exact) mass is 338 g/mol. The van der Waals surface area contributed by atoms with Gasteiger partial charge in [0.2, 0.25) is 0 Å². The first-order valence-electron chi connectivity index (χ1n) is 4.45. The Labute approximate surface area is 104 Å². The predicted octanol–water partition coefficient (Wildman–Crippen LogP) is 0.632.